The molecule has 1 amide bonds. The molecule has 0 saturated heterocycles. The maximum atomic E-state index is 13.4. The fourth-order valence-electron chi connectivity index (χ4n) is 3.64. The minimum absolute atomic E-state index is 0.242. The Labute approximate surface area is 192 Å². The molecule has 1 heterocycles. The van der Waals surface area contributed by atoms with Crippen molar-refractivity contribution in [2.24, 2.45) is 0 Å². The minimum Gasteiger partial charge on any atom is -0.480 e. The zero-order chi connectivity index (χ0) is 23.1. The molecule has 0 saturated carbocycles. The Balaban J connectivity index is 1.82. The number of anilines is 1. The number of hydrogen-bond donors (Lipinski definition) is 2. The highest BCUT2D eigenvalue weighted by Gasteiger charge is 2.35. The fraction of sp³-hybridized carbons (Fsp3) is 0.375. The lowest BCUT2D eigenvalue weighted by atomic mass is 10.0. The Morgan fingerprint density at radius 2 is 2.00 bits per heavy atom. The number of ether oxygens (including phenoxy) is 1. The molecule has 7 nitrogen and oxygen atoms in total. The average molecular weight is 457 g/mol. The highest BCUT2D eigenvalue weighted by molar-refractivity contribution is 7.99. The molecular weight excluding hydrogens is 428 g/mol. The van der Waals surface area contributed by atoms with E-state index >= 15 is 0 Å². The average Bonchev–Trinajstić information content (AvgIpc) is 2.89. The van der Waals surface area contributed by atoms with Crippen LogP contribution in [0, 0.1) is 6.92 Å². The van der Waals surface area contributed by atoms with Gasteiger partial charge in [0.1, 0.15) is 12.6 Å². The van der Waals surface area contributed by atoms with E-state index < -0.39 is 30.6 Å². The van der Waals surface area contributed by atoms with Crippen molar-refractivity contribution in [2.75, 3.05) is 23.8 Å². The number of rotatable bonds is 9. The van der Waals surface area contributed by atoms with Gasteiger partial charge in [0, 0.05) is 10.6 Å². The Morgan fingerprint density at radius 1 is 1.25 bits per heavy atom. The van der Waals surface area contributed by atoms with Crippen molar-refractivity contribution in [1.82, 2.24) is 5.32 Å². The number of carboxylic acid groups (broad SMARTS) is 1. The molecule has 2 atom stereocenters. The molecule has 0 radical (unpaired) electrons. The molecule has 2 N–H and O–H groups in total. The number of hydrogen-bond acceptors (Lipinski definition) is 6. The van der Waals surface area contributed by atoms with Gasteiger partial charge < -0.3 is 9.84 Å². The molecule has 0 fully saturated rings. The SMILES string of the molecule is CCOC(=O)C(CCc1ccccc1)N[C@H]1CSc2ccc(C)cc2N(CC(=O)O)C1=O. The van der Waals surface area contributed by atoms with Crippen molar-refractivity contribution in [3.05, 3.63) is 59.7 Å². The second-order valence-electron chi connectivity index (χ2n) is 7.65. The maximum Gasteiger partial charge on any atom is 0.323 e. The standard InChI is InChI=1S/C24H28N2O5S/c1-3-31-24(30)18(11-10-17-7-5-4-6-8-17)25-19-15-32-21-12-9-16(2)13-20(21)26(23(19)29)14-22(27)28/h4-9,12-13,18-19,25H,3,10-11,14-15H2,1-2H3,(H,27,28)/t18?,19-/m0/s1. The van der Waals surface area contributed by atoms with Crippen LogP contribution in [-0.2, 0) is 25.5 Å². The Bertz CT molecular complexity index is 966. The summed E-state index contributed by atoms with van der Waals surface area (Å²) in [6.07, 6.45) is 1.10. The zero-order valence-corrected chi connectivity index (χ0v) is 19.1. The van der Waals surface area contributed by atoms with E-state index in [0.29, 0.717) is 24.3 Å². The summed E-state index contributed by atoms with van der Waals surface area (Å²) in [5.74, 6) is -1.49. The van der Waals surface area contributed by atoms with E-state index in [1.54, 1.807) is 6.92 Å². The van der Waals surface area contributed by atoms with E-state index in [1.165, 1.54) is 16.7 Å². The lowest BCUT2D eigenvalue weighted by Crippen LogP contribution is -2.54. The molecule has 0 aliphatic carbocycles. The molecule has 1 aliphatic rings. The van der Waals surface area contributed by atoms with E-state index in [-0.39, 0.29) is 12.5 Å². The van der Waals surface area contributed by atoms with E-state index in [9.17, 15) is 19.5 Å². The number of esters is 1. The van der Waals surface area contributed by atoms with Gasteiger partial charge in [0.2, 0.25) is 5.91 Å². The third-order valence-electron chi connectivity index (χ3n) is 5.21. The summed E-state index contributed by atoms with van der Waals surface area (Å²) in [5, 5.41) is 12.6. The summed E-state index contributed by atoms with van der Waals surface area (Å²) in [5.41, 5.74) is 2.61. The van der Waals surface area contributed by atoms with Gasteiger partial charge in [-0.1, -0.05) is 36.4 Å². The van der Waals surface area contributed by atoms with Crippen LogP contribution in [-0.4, -0.2) is 53.9 Å². The molecule has 0 spiro atoms. The molecule has 2 aromatic carbocycles. The number of carboxylic acids is 1. The van der Waals surface area contributed by atoms with Crippen LogP contribution in [0.15, 0.2) is 53.4 Å². The minimum atomic E-state index is -1.09. The fourth-order valence-corrected chi connectivity index (χ4v) is 4.71. The van der Waals surface area contributed by atoms with Gasteiger partial charge in [-0.15, -0.1) is 11.8 Å². The van der Waals surface area contributed by atoms with Crippen molar-refractivity contribution in [2.45, 2.75) is 43.7 Å². The zero-order valence-electron chi connectivity index (χ0n) is 18.2. The van der Waals surface area contributed by atoms with Crippen molar-refractivity contribution < 1.29 is 24.2 Å². The summed E-state index contributed by atoms with van der Waals surface area (Å²) < 4.78 is 5.24. The summed E-state index contributed by atoms with van der Waals surface area (Å²) in [6.45, 7) is 3.44. The van der Waals surface area contributed by atoms with Crippen LogP contribution in [0.1, 0.15) is 24.5 Å². The van der Waals surface area contributed by atoms with Crippen molar-refractivity contribution in [1.29, 1.82) is 0 Å². The molecule has 1 aliphatic heterocycles. The van der Waals surface area contributed by atoms with E-state index in [0.717, 1.165) is 16.0 Å². The van der Waals surface area contributed by atoms with Crippen LogP contribution < -0.4 is 10.2 Å². The van der Waals surface area contributed by atoms with Gasteiger partial charge in [0.15, 0.2) is 0 Å². The number of carbonyl (C=O) groups is 3. The first-order valence-electron chi connectivity index (χ1n) is 10.6. The predicted molar refractivity (Wildman–Crippen MR) is 124 cm³/mol. The maximum absolute atomic E-state index is 13.4. The quantitative estimate of drug-likeness (QED) is 0.560. The largest absolute Gasteiger partial charge is 0.480 e. The van der Waals surface area contributed by atoms with E-state index in [1.807, 2.05) is 55.5 Å². The van der Waals surface area contributed by atoms with Crippen LogP contribution in [0.3, 0.4) is 0 Å². The molecule has 32 heavy (non-hydrogen) atoms. The summed E-state index contributed by atoms with van der Waals surface area (Å²) >= 11 is 1.47. The van der Waals surface area contributed by atoms with Gasteiger partial charge in [0.25, 0.3) is 0 Å². The van der Waals surface area contributed by atoms with Gasteiger partial charge >= 0.3 is 11.9 Å². The van der Waals surface area contributed by atoms with Crippen LogP contribution >= 0.6 is 11.8 Å². The smallest absolute Gasteiger partial charge is 0.323 e. The molecular formula is C24H28N2O5S. The van der Waals surface area contributed by atoms with Gasteiger partial charge in [-0.05, 0) is 49.9 Å². The number of nitrogens with one attached hydrogen (secondary N) is 1. The Kier molecular flexibility index (Phi) is 8.30. The van der Waals surface area contributed by atoms with Gasteiger partial charge in [-0.2, -0.15) is 0 Å². The molecule has 2 aromatic rings. The van der Waals surface area contributed by atoms with E-state index in [2.05, 4.69) is 5.32 Å². The Morgan fingerprint density at radius 3 is 2.69 bits per heavy atom. The van der Waals surface area contributed by atoms with Crippen molar-refractivity contribution >= 4 is 35.3 Å². The topological polar surface area (TPSA) is 95.9 Å². The van der Waals surface area contributed by atoms with Crippen LogP contribution in [0.5, 0.6) is 0 Å². The second-order valence-corrected chi connectivity index (χ2v) is 8.71. The highest BCUT2D eigenvalue weighted by atomic mass is 32.2. The van der Waals surface area contributed by atoms with Crippen LogP contribution in [0.4, 0.5) is 5.69 Å². The molecule has 0 aromatic heterocycles. The summed E-state index contributed by atoms with van der Waals surface area (Å²) in [6, 6.07) is 14.0. The Hall–Kier alpha value is -2.84. The number of thioether (sulfide) groups is 1. The molecule has 3 rings (SSSR count). The lowest BCUT2D eigenvalue weighted by molar-refractivity contribution is -0.146. The number of aliphatic carboxylic acids is 1. The monoisotopic (exact) mass is 456 g/mol. The van der Waals surface area contributed by atoms with Crippen molar-refractivity contribution in [3.8, 4) is 0 Å². The summed E-state index contributed by atoms with van der Waals surface area (Å²) in [4.78, 5) is 39.7. The van der Waals surface area contributed by atoms with E-state index in [4.69, 9.17) is 4.74 Å². The molecule has 170 valence electrons. The first kappa shape index (κ1) is 23.8. The predicted octanol–water partition coefficient (Wildman–Crippen LogP) is 3.04. The number of benzene rings is 2. The third kappa shape index (κ3) is 6.11. The molecule has 8 heteroatoms. The lowest BCUT2D eigenvalue weighted by Gasteiger charge is -2.27. The van der Waals surface area contributed by atoms with Crippen molar-refractivity contribution in [3.63, 3.8) is 0 Å². The third-order valence-corrected chi connectivity index (χ3v) is 6.36. The highest BCUT2D eigenvalue weighted by Crippen LogP contribution is 2.35. The van der Waals surface area contributed by atoms with Gasteiger partial charge in [0.05, 0.1) is 18.3 Å². The van der Waals surface area contributed by atoms with Crippen LogP contribution in [0.2, 0.25) is 0 Å². The normalized spacial score (nSPS) is 16.8. The number of fused-ring (bicyclic) bond motifs is 1. The second kappa shape index (κ2) is 11.2. The van der Waals surface area contributed by atoms with Crippen LogP contribution in [0.25, 0.3) is 0 Å². The number of carbonyl (C=O) groups excluding carboxylic acids is 2. The summed E-state index contributed by atoms with van der Waals surface area (Å²) in [7, 11) is 0. The first-order valence-corrected chi connectivity index (χ1v) is 11.6. The molecule has 0 bridgehead atoms. The number of nitrogens with zero attached hydrogens (tertiary/aromatic N) is 1. The van der Waals surface area contributed by atoms with Gasteiger partial charge in [-0.3, -0.25) is 24.6 Å². The van der Waals surface area contributed by atoms with Gasteiger partial charge in [-0.25, -0.2) is 0 Å². The molecule has 1 unspecified atom stereocenters. The number of amides is 1. The first-order chi connectivity index (χ1) is 15.4. The number of aryl methyl sites for hydroxylation is 2.